The van der Waals surface area contributed by atoms with Crippen molar-refractivity contribution in [3.63, 3.8) is 0 Å². The number of likely N-dealkylation sites (N-methyl/N-ethyl adjacent to an activating group) is 1. The lowest BCUT2D eigenvalue weighted by Crippen LogP contribution is -2.29. The van der Waals surface area contributed by atoms with Crippen LogP contribution >= 0.6 is 11.3 Å². The summed E-state index contributed by atoms with van der Waals surface area (Å²) in [5.74, 6) is 5.47. The van der Waals surface area contributed by atoms with Crippen LogP contribution in [0.5, 0.6) is 0 Å². The van der Waals surface area contributed by atoms with Gasteiger partial charge in [0.15, 0.2) is 0 Å². The molecular weight excluding hydrogens is 270 g/mol. The van der Waals surface area contributed by atoms with Gasteiger partial charge in [0.25, 0.3) is 5.91 Å². The molecule has 0 saturated carbocycles. The summed E-state index contributed by atoms with van der Waals surface area (Å²) < 4.78 is 0. The van der Waals surface area contributed by atoms with E-state index in [2.05, 4.69) is 11.5 Å². The molecule has 0 unspecified atom stereocenters. The van der Waals surface area contributed by atoms with E-state index in [9.17, 15) is 4.79 Å². The first-order valence-corrected chi connectivity index (χ1v) is 7.35. The SMILES string of the molecule is Cc1ccc(C(=O)N(C)CCc2cccs2)c(NN)c1. The van der Waals surface area contributed by atoms with Gasteiger partial charge >= 0.3 is 0 Å². The van der Waals surface area contributed by atoms with Crippen molar-refractivity contribution in [2.75, 3.05) is 19.0 Å². The Balaban J connectivity index is 2.06. The molecule has 0 aliphatic carbocycles. The van der Waals surface area contributed by atoms with E-state index in [0.29, 0.717) is 17.8 Å². The summed E-state index contributed by atoms with van der Waals surface area (Å²) >= 11 is 1.71. The van der Waals surface area contributed by atoms with E-state index < -0.39 is 0 Å². The van der Waals surface area contributed by atoms with Gasteiger partial charge in [0, 0.05) is 18.5 Å². The largest absolute Gasteiger partial charge is 0.341 e. The smallest absolute Gasteiger partial charge is 0.255 e. The van der Waals surface area contributed by atoms with E-state index in [0.717, 1.165) is 12.0 Å². The van der Waals surface area contributed by atoms with E-state index in [1.807, 2.05) is 43.6 Å². The van der Waals surface area contributed by atoms with Crippen LogP contribution in [0.2, 0.25) is 0 Å². The summed E-state index contributed by atoms with van der Waals surface area (Å²) in [7, 11) is 1.82. The zero-order chi connectivity index (χ0) is 14.5. The average molecular weight is 289 g/mol. The Hall–Kier alpha value is -1.85. The van der Waals surface area contributed by atoms with Crippen LogP contribution in [0.25, 0.3) is 0 Å². The van der Waals surface area contributed by atoms with Crippen LogP contribution in [0.1, 0.15) is 20.8 Å². The molecule has 106 valence electrons. The first-order chi connectivity index (χ1) is 9.61. The number of anilines is 1. The molecule has 0 aliphatic heterocycles. The zero-order valence-corrected chi connectivity index (χ0v) is 12.5. The Labute approximate surface area is 123 Å². The summed E-state index contributed by atoms with van der Waals surface area (Å²) in [6.45, 7) is 2.66. The van der Waals surface area contributed by atoms with Crippen molar-refractivity contribution in [2.45, 2.75) is 13.3 Å². The van der Waals surface area contributed by atoms with Gasteiger partial charge in [-0.1, -0.05) is 12.1 Å². The third-order valence-electron chi connectivity index (χ3n) is 3.18. The molecule has 1 heterocycles. The van der Waals surface area contributed by atoms with Gasteiger partial charge in [0.05, 0.1) is 11.3 Å². The van der Waals surface area contributed by atoms with Crippen LogP contribution in [-0.4, -0.2) is 24.4 Å². The fraction of sp³-hybridized carbons (Fsp3) is 0.267. The van der Waals surface area contributed by atoms with Crippen molar-refractivity contribution in [1.82, 2.24) is 4.90 Å². The molecule has 0 fully saturated rings. The number of nitrogens with one attached hydrogen (secondary N) is 1. The van der Waals surface area contributed by atoms with Gasteiger partial charge in [0.2, 0.25) is 0 Å². The van der Waals surface area contributed by atoms with Crippen molar-refractivity contribution in [2.24, 2.45) is 5.84 Å². The molecule has 20 heavy (non-hydrogen) atoms. The van der Waals surface area contributed by atoms with Crippen LogP contribution in [0, 0.1) is 6.92 Å². The molecule has 0 saturated heterocycles. The Morgan fingerprint density at radius 3 is 2.85 bits per heavy atom. The molecule has 0 bridgehead atoms. The number of hydrazine groups is 1. The molecule has 1 aromatic carbocycles. The van der Waals surface area contributed by atoms with Gasteiger partial charge in [-0.15, -0.1) is 11.3 Å². The number of hydrogen-bond donors (Lipinski definition) is 2. The van der Waals surface area contributed by atoms with Crippen molar-refractivity contribution >= 4 is 22.9 Å². The third kappa shape index (κ3) is 3.37. The lowest BCUT2D eigenvalue weighted by molar-refractivity contribution is 0.0798. The average Bonchev–Trinajstić information content (AvgIpc) is 2.97. The Kier molecular flexibility index (Phi) is 4.76. The summed E-state index contributed by atoms with van der Waals surface area (Å²) in [5, 5.41) is 2.05. The van der Waals surface area contributed by atoms with Gasteiger partial charge < -0.3 is 10.3 Å². The molecule has 0 atom stereocenters. The second-order valence-electron chi connectivity index (χ2n) is 4.75. The lowest BCUT2D eigenvalue weighted by Gasteiger charge is -2.19. The van der Waals surface area contributed by atoms with Gasteiger partial charge in [-0.05, 0) is 42.5 Å². The number of hydrogen-bond acceptors (Lipinski definition) is 4. The Bertz CT molecular complexity index is 581. The molecule has 0 radical (unpaired) electrons. The highest BCUT2D eigenvalue weighted by Crippen LogP contribution is 2.18. The highest BCUT2D eigenvalue weighted by atomic mass is 32.1. The van der Waals surface area contributed by atoms with Crippen LogP contribution < -0.4 is 11.3 Å². The third-order valence-corrected chi connectivity index (χ3v) is 4.12. The van der Waals surface area contributed by atoms with Crippen molar-refractivity contribution < 1.29 is 4.79 Å². The number of nitrogens with zero attached hydrogens (tertiary/aromatic N) is 1. The summed E-state index contributed by atoms with van der Waals surface area (Å²) in [6.07, 6.45) is 0.872. The predicted molar refractivity (Wildman–Crippen MR) is 84.0 cm³/mol. The highest BCUT2D eigenvalue weighted by Gasteiger charge is 2.15. The molecule has 1 amide bonds. The normalized spacial score (nSPS) is 10.3. The van der Waals surface area contributed by atoms with E-state index in [1.165, 1.54) is 4.88 Å². The number of rotatable bonds is 5. The minimum atomic E-state index is -0.0190. The number of thiophene rings is 1. The molecule has 5 heteroatoms. The number of carbonyl (C=O) groups is 1. The molecule has 4 nitrogen and oxygen atoms in total. The standard InChI is InChI=1S/C15H19N3OS/c1-11-5-6-13(14(10-11)17-16)15(19)18(2)8-7-12-4-3-9-20-12/h3-6,9-10,17H,7-8,16H2,1-2H3. The number of aryl methyl sites for hydroxylation is 1. The monoisotopic (exact) mass is 289 g/mol. The van der Waals surface area contributed by atoms with Crippen LogP contribution in [0.4, 0.5) is 5.69 Å². The maximum atomic E-state index is 12.4. The van der Waals surface area contributed by atoms with E-state index in [1.54, 1.807) is 16.2 Å². The summed E-state index contributed by atoms with van der Waals surface area (Å²) in [5.41, 5.74) is 4.93. The first kappa shape index (κ1) is 14.6. The fourth-order valence-corrected chi connectivity index (χ4v) is 2.70. The number of nitrogens with two attached hydrogens (primary N) is 1. The lowest BCUT2D eigenvalue weighted by atomic mass is 10.1. The molecule has 2 aromatic rings. The number of amides is 1. The van der Waals surface area contributed by atoms with E-state index in [-0.39, 0.29) is 5.91 Å². The zero-order valence-electron chi connectivity index (χ0n) is 11.7. The van der Waals surface area contributed by atoms with E-state index >= 15 is 0 Å². The maximum absolute atomic E-state index is 12.4. The quantitative estimate of drug-likeness (QED) is 0.657. The van der Waals surface area contributed by atoms with E-state index in [4.69, 9.17) is 5.84 Å². The molecule has 1 aromatic heterocycles. The fourth-order valence-electron chi connectivity index (χ4n) is 2.00. The van der Waals surface area contributed by atoms with Crippen molar-refractivity contribution in [3.05, 3.63) is 51.7 Å². The van der Waals surface area contributed by atoms with Crippen LogP contribution in [0.15, 0.2) is 35.7 Å². The number of nitrogen functional groups attached to an aromatic ring is 1. The van der Waals surface area contributed by atoms with Gasteiger partial charge in [-0.3, -0.25) is 10.6 Å². The number of benzene rings is 1. The topological polar surface area (TPSA) is 58.4 Å². The minimum Gasteiger partial charge on any atom is -0.341 e. The summed E-state index contributed by atoms with van der Waals surface area (Å²) in [4.78, 5) is 15.4. The Morgan fingerprint density at radius 2 is 2.20 bits per heavy atom. The highest BCUT2D eigenvalue weighted by molar-refractivity contribution is 7.09. The Morgan fingerprint density at radius 1 is 1.40 bits per heavy atom. The summed E-state index contributed by atoms with van der Waals surface area (Å²) in [6, 6.07) is 9.72. The van der Waals surface area contributed by atoms with Crippen LogP contribution in [0.3, 0.4) is 0 Å². The van der Waals surface area contributed by atoms with Gasteiger partial charge in [-0.2, -0.15) is 0 Å². The molecular formula is C15H19N3OS. The van der Waals surface area contributed by atoms with Gasteiger partial charge in [0.1, 0.15) is 0 Å². The second-order valence-corrected chi connectivity index (χ2v) is 5.78. The molecule has 2 rings (SSSR count). The second kappa shape index (κ2) is 6.54. The van der Waals surface area contributed by atoms with Crippen molar-refractivity contribution in [1.29, 1.82) is 0 Å². The van der Waals surface area contributed by atoms with Gasteiger partial charge in [-0.25, -0.2) is 0 Å². The molecule has 0 spiro atoms. The maximum Gasteiger partial charge on any atom is 0.255 e. The van der Waals surface area contributed by atoms with Crippen LogP contribution in [-0.2, 0) is 6.42 Å². The molecule has 0 aliphatic rings. The minimum absolute atomic E-state index is 0.0190. The molecule has 3 N–H and O–H groups in total. The number of carbonyl (C=O) groups excluding carboxylic acids is 1. The first-order valence-electron chi connectivity index (χ1n) is 6.47. The predicted octanol–water partition coefficient (Wildman–Crippen LogP) is 2.66. The van der Waals surface area contributed by atoms with Crippen molar-refractivity contribution in [3.8, 4) is 0 Å².